The van der Waals surface area contributed by atoms with E-state index in [4.69, 9.17) is 10.8 Å². The summed E-state index contributed by atoms with van der Waals surface area (Å²) >= 11 is 0. The molecule has 0 amide bonds. The van der Waals surface area contributed by atoms with Crippen LogP contribution in [0.3, 0.4) is 0 Å². The molecule has 0 aromatic carbocycles. The fraction of sp³-hybridized carbons (Fsp3) is 0.875. The van der Waals surface area contributed by atoms with Crippen molar-refractivity contribution >= 4 is 5.96 Å². The fourth-order valence-corrected chi connectivity index (χ4v) is 1.49. The number of hydrogen-bond acceptors (Lipinski definition) is 2. The lowest BCUT2D eigenvalue weighted by Crippen LogP contribution is -2.43. The highest BCUT2D eigenvalue weighted by atomic mass is 16.3. The van der Waals surface area contributed by atoms with Crippen LogP contribution in [-0.2, 0) is 0 Å². The van der Waals surface area contributed by atoms with Gasteiger partial charge in [-0.2, -0.15) is 0 Å². The topological polar surface area (TPSA) is 61.8 Å². The number of likely N-dealkylation sites (tertiary alicyclic amines) is 1. The van der Waals surface area contributed by atoms with E-state index in [0.29, 0.717) is 18.5 Å². The Balaban J connectivity index is 2.36. The molecule has 0 radical (unpaired) electrons. The van der Waals surface area contributed by atoms with Gasteiger partial charge in [0.05, 0.1) is 0 Å². The average Bonchev–Trinajstić information content (AvgIpc) is 2.17. The Kier molecular flexibility index (Phi) is 3.34. The number of hydrogen-bond donors (Lipinski definition) is 2. The van der Waals surface area contributed by atoms with Crippen molar-refractivity contribution in [3.63, 3.8) is 0 Å². The molecule has 4 heteroatoms. The van der Waals surface area contributed by atoms with Crippen LogP contribution in [0.15, 0.2) is 4.99 Å². The van der Waals surface area contributed by atoms with E-state index in [9.17, 15) is 0 Å². The van der Waals surface area contributed by atoms with Gasteiger partial charge in [-0.15, -0.1) is 0 Å². The van der Waals surface area contributed by atoms with Gasteiger partial charge in [0.15, 0.2) is 5.96 Å². The first kappa shape index (κ1) is 9.32. The molecule has 1 fully saturated rings. The largest absolute Gasteiger partial charge is 0.396 e. The highest BCUT2D eigenvalue weighted by Gasteiger charge is 2.18. The number of nitrogens with two attached hydrogens (primary N) is 1. The maximum Gasteiger partial charge on any atom is 0.190 e. The fourth-order valence-electron chi connectivity index (χ4n) is 1.49. The van der Waals surface area contributed by atoms with Crippen LogP contribution in [-0.4, -0.2) is 42.7 Å². The van der Waals surface area contributed by atoms with Crippen LogP contribution in [0, 0.1) is 5.92 Å². The second-order valence-corrected chi connectivity index (χ2v) is 3.19. The molecule has 0 aromatic rings. The summed E-state index contributed by atoms with van der Waals surface area (Å²) in [5.74, 6) is 1.08. The van der Waals surface area contributed by atoms with Crippen molar-refractivity contribution in [1.29, 1.82) is 0 Å². The number of aliphatic hydroxyl groups excluding tert-OH is 1. The van der Waals surface area contributed by atoms with Gasteiger partial charge in [-0.05, 0) is 18.8 Å². The van der Waals surface area contributed by atoms with E-state index in [0.717, 1.165) is 25.9 Å². The van der Waals surface area contributed by atoms with Gasteiger partial charge in [-0.3, -0.25) is 4.99 Å². The summed E-state index contributed by atoms with van der Waals surface area (Å²) in [5.41, 5.74) is 5.65. The lowest BCUT2D eigenvalue weighted by molar-refractivity contribution is 0.165. The quantitative estimate of drug-likeness (QED) is 0.418. The molecule has 1 aliphatic rings. The molecule has 0 unspecified atom stereocenters. The monoisotopic (exact) mass is 171 g/mol. The van der Waals surface area contributed by atoms with Crippen LogP contribution in [0.2, 0.25) is 0 Å². The summed E-state index contributed by atoms with van der Waals surface area (Å²) in [4.78, 5) is 5.98. The highest BCUT2D eigenvalue weighted by Crippen LogP contribution is 2.15. The maximum atomic E-state index is 8.89. The normalized spacial score (nSPS) is 21.5. The van der Waals surface area contributed by atoms with E-state index >= 15 is 0 Å². The van der Waals surface area contributed by atoms with E-state index in [1.165, 1.54) is 0 Å². The molecule has 70 valence electrons. The highest BCUT2D eigenvalue weighted by molar-refractivity contribution is 5.77. The first-order chi connectivity index (χ1) is 5.77. The molecular formula is C8H17N3O. The van der Waals surface area contributed by atoms with Crippen molar-refractivity contribution in [1.82, 2.24) is 4.90 Å². The Morgan fingerprint density at radius 3 is 2.58 bits per heavy atom. The number of piperidine rings is 1. The van der Waals surface area contributed by atoms with Crippen molar-refractivity contribution < 1.29 is 5.11 Å². The van der Waals surface area contributed by atoms with Crippen LogP contribution < -0.4 is 5.73 Å². The number of aliphatic imine (C=N–C) groups is 1. The van der Waals surface area contributed by atoms with Gasteiger partial charge in [0.25, 0.3) is 0 Å². The molecular weight excluding hydrogens is 154 g/mol. The van der Waals surface area contributed by atoms with Crippen LogP contribution in [0.25, 0.3) is 0 Å². The molecule has 0 atom stereocenters. The number of rotatable bonds is 1. The summed E-state index contributed by atoms with van der Waals surface area (Å²) < 4.78 is 0. The zero-order valence-corrected chi connectivity index (χ0v) is 7.53. The van der Waals surface area contributed by atoms with Crippen LogP contribution in [0.4, 0.5) is 0 Å². The van der Waals surface area contributed by atoms with Crippen molar-refractivity contribution in [3.8, 4) is 0 Å². The molecule has 1 rings (SSSR count). The third-order valence-electron chi connectivity index (χ3n) is 2.43. The molecule has 0 aromatic heterocycles. The molecule has 3 N–H and O–H groups in total. The smallest absolute Gasteiger partial charge is 0.190 e. The Labute approximate surface area is 73.1 Å². The molecule has 1 saturated heterocycles. The Bertz CT molecular complexity index is 162. The Morgan fingerprint density at radius 2 is 2.17 bits per heavy atom. The summed E-state index contributed by atoms with van der Waals surface area (Å²) in [6, 6.07) is 0. The number of guanidine groups is 1. The van der Waals surface area contributed by atoms with Crippen molar-refractivity contribution in [2.45, 2.75) is 12.8 Å². The van der Waals surface area contributed by atoms with Crippen LogP contribution in [0.5, 0.6) is 0 Å². The van der Waals surface area contributed by atoms with E-state index in [2.05, 4.69) is 9.89 Å². The van der Waals surface area contributed by atoms with E-state index < -0.39 is 0 Å². The second-order valence-electron chi connectivity index (χ2n) is 3.19. The summed E-state index contributed by atoms with van der Waals surface area (Å²) in [6.45, 7) is 2.15. The predicted molar refractivity (Wildman–Crippen MR) is 48.9 cm³/mol. The second kappa shape index (κ2) is 4.30. The van der Waals surface area contributed by atoms with E-state index in [1.807, 2.05) is 0 Å². The van der Waals surface area contributed by atoms with Crippen molar-refractivity contribution in [2.75, 3.05) is 26.7 Å². The first-order valence-electron chi connectivity index (χ1n) is 4.36. The molecule has 0 saturated carbocycles. The molecule has 12 heavy (non-hydrogen) atoms. The van der Waals surface area contributed by atoms with Gasteiger partial charge in [0, 0.05) is 26.7 Å². The predicted octanol–water partition coefficient (Wildman–Crippen LogP) is -0.365. The average molecular weight is 171 g/mol. The number of nitrogens with zero attached hydrogens (tertiary/aromatic N) is 2. The minimum absolute atomic E-state index is 0.303. The van der Waals surface area contributed by atoms with Gasteiger partial charge < -0.3 is 15.7 Å². The van der Waals surface area contributed by atoms with Gasteiger partial charge in [-0.25, -0.2) is 0 Å². The number of aliphatic hydroxyl groups is 1. The Hall–Kier alpha value is -0.770. The van der Waals surface area contributed by atoms with Gasteiger partial charge in [0.1, 0.15) is 0 Å². The molecule has 1 aliphatic heterocycles. The minimum atomic E-state index is 0.303. The molecule has 0 spiro atoms. The molecule has 1 heterocycles. The summed E-state index contributed by atoms with van der Waals surface area (Å²) in [6.07, 6.45) is 2.04. The first-order valence-corrected chi connectivity index (χ1v) is 4.36. The third-order valence-corrected chi connectivity index (χ3v) is 2.43. The molecule has 4 nitrogen and oxygen atoms in total. The maximum absolute atomic E-state index is 8.89. The third kappa shape index (κ3) is 2.11. The van der Waals surface area contributed by atoms with Crippen LogP contribution in [0.1, 0.15) is 12.8 Å². The standard InChI is InChI=1S/C8H17N3O/c1-10-8(9)11-4-2-7(6-12)3-5-11/h7,12H,2-6H2,1H3,(H2,9,10). The van der Waals surface area contributed by atoms with E-state index in [1.54, 1.807) is 7.05 Å². The summed E-state index contributed by atoms with van der Waals surface area (Å²) in [7, 11) is 1.70. The van der Waals surface area contributed by atoms with Gasteiger partial charge in [0.2, 0.25) is 0 Å². The minimum Gasteiger partial charge on any atom is -0.396 e. The van der Waals surface area contributed by atoms with Crippen molar-refractivity contribution in [2.24, 2.45) is 16.6 Å². The van der Waals surface area contributed by atoms with Gasteiger partial charge in [-0.1, -0.05) is 0 Å². The van der Waals surface area contributed by atoms with Gasteiger partial charge >= 0.3 is 0 Å². The lowest BCUT2D eigenvalue weighted by Gasteiger charge is -2.31. The Morgan fingerprint density at radius 1 is 1.58 bits per heavy atom. The zero-order valence-electron chi connectivity index (χ0n) is 7.53. The lowest BCUT2D eigenvalue weighted by atomic mass is 9.98. The summed E-state index contributed by atoms with van der Waals surface area (Å²) in [5, 5.41) is 8.89. The van der Waals surface area contributed by atoms with Crippen LogP contribution >= 0.6 is 0 Å². The molecule has 0 bridgehead atoms. The SMILES string of the molecule is CN=C(N)N1CCC(CO)CC1. The molecule has 0 aliphatic carbocycles. The van der Waals surface area contributed by atoms with Crippen molar-refractivity contribution in [3.05, 3.63) is 0 Å². The van der Waals surface area contributed by atoms with E-state index in [-0.39, 0.29) is 0 Å². The zero-order chi connectivity index (χ0) is 8.97.